The van der Waals surface area contributed by atoms with Crippen LogP contribution >= 0.6 is 0 Å². The minimum Gasteiger partial charge on any atom is -0.356 e. The molecule has 1 aliphatic rings. The van der Waals surface area contributed by atoms with Gasteiger partial charge in [0.25, 0.3) is 5.56 Å². The van der Waals surface area contributed by atoms with Crippen molar-refractivity contribution in [3.05, 3.63) is 92.9 Å². The molecule has 1 N–H and O–H groups in total. The third-order valence-corrected chi connectivity index (χ3v) is 5.60. The first-order chi connectivity index (χ1) is 15.3. The number of hydrogen-bond acceptors (Lipinski definition) is 4. The summed E-state index contributed by atoms with van der Waals surface area (Å²) in [5.41, 5.74) is 2.38. The highest BCUT2D eigenvalue weighted by Crippen LogP contribution is 2.29. The number of rotatable bonds is 6. The van der Waals surface area contributed by atoms with E-state index in [1.54, 1.807) is 0 Å². The normalized spacial score (nSPS) is 14.2. The molecule has 168 valence electrons. The van der Waals surface area contributed by atoms with E-state index in [2.05, 4.69) is 22.3 Å². The first kappa shape index (κ1) is 22.1. The summed E-state index contributed by atoms with van der Waals surface area (Å²) in [6, 6.07) is 15.0. The largest absolute Gasteiger partial charge is 0.416 e. The number of benzene rings is 2. The summed E-state index contributed by atoms with van der Waals surface area (Å²) >= 11 is 0. The number of alkyl halides is 3. The Morgan fingerprint density at radius 2 is 1.69 bits per heavy atom. The highest BCUT2D eigenvalue weighted by Gasteiger charge is 2.30. The molecule has 0 saturated heterocycles. The van der Waals surface area contributed by atoms with Crippen molar-refractivity contribution >= 4 is 5.95 Å². The van der Waals surface area contributed by atoms with E-state index in [1.807, 2.05) is 25.1 Å². The highest BCUT2D eigenvalue weighted by atomic mass is 19.4. The van der Waals surface area contributed by atoms with Crippen molar-refractivity contribution in [1.82, 2.24) is 14.5 Å². The van der Waals surface area contributed by atoms with Gasteiger partial charge in [-0.05, 0) is 30.2 Å². The van der Waals surface area contributed by atoms with Crippen LogP contribution in [0.1, 0.15) is 34.9 Å². The fraction of sp³-hybridized carbons (Fsp3) is 0.333. The van der Waals surface area contributed by atoms with E-state index in [1.165, 1.54) is 22.3 Å². The molecule has 0 saturated carbocycles. The van der Waals surface area contributed by atoms with E-state index in [4.69, 9.17) is 4.98 Å². The molecule has 0 bridgehead atoms. The maximum Gasteiger partial charge on any atom is 0.416 e. The molecule has 3 aromatic rings. The Kier molecular flexibility index (Phi) is 6.32. The van der Waals surface area contributed by atoms with Gasteiger partial charge in [0.2, 0.25) is 5.95 Å². The van der Waals surface area contributed by atoms with Crippen molar-refractivity contribution in [3.8, 4) is 0 Å². The highest BCUT2D eigenvalue weighted by molar-refractivity contribution is 5.35. The molecule has 0 atom stereocenters. The molecule has 0 aliphatic carbocycles. The summed E-state index contributed by atoms with van der Waals surface area (Å²) in [6.45, 7) is 4.69. The summed E-state index contributed by atoms with van der Waals surface area (Å²) in [5, 5.41) is 3.13. The zero-order valence-electron chi connectivity index (χ0n) is 17.8. The predicted molar refractivity (Wildman–Crippen MR) is 117 cm³/mol. The average molecular weight is 442 g/mol. The lowest BCUT2D eigenvalue weighted by atomic mass is 10.1. The Labute approximate surface area is 184 Å². The average Bonchev–Trinajstić information content (AvgIpc) is 2.77. The maximum absolute atomic E-state index is 13.4. The molecule has 4 rings (SSSR count). The fourth-order valence-corrected chi connectivity index (χ4v) is 3.97. The smallest absolute Gasteiger partial charge is 0.356 e. The second-order valence-corrected chi connectivity index (χ2v) is 7.92. The number of anilines is 1. The Hall–Kier alpha value is -3.13. The molecule has 1 aliphatic heterocycles. The van der Waals surface area contributed by atoms with Crippen LogP contribution in [0.4, 0.5) is 19.1 Å². The van der Waals surface area contributed by atoms with Gasteiger partial charge in [-0.3, -0.25) is 14.3 Å². The first-order valence-corrected chi connectivity index (χ1v) is 10.6. The Balaban J connectivity index is 1.62. The molecule has 8 heteroatoms. The van der Waals surface area contributed by atoms with E-state index in [0.29, 0.717) is 36.6 Å². The number of aromatic nitrogens is 2. The van der Waals surface area contributed by atoms with Crippen LogP contribution in [0.15, 0.2) is 59.4 Å². The lowest BCUT2D eigenvalue weighted by Crippen LogP contribution is -2.38. The van der Waals surface area contributed by atoms with Gasteiger partial charge in [-0.15, -0.1) is 0 Å². The molecule has 2 heterocycles. The Morgan fingerprint density at radius 3 is 2.34 bits per heavy atom. The van der Waals surface area contributed by atoms with E-state index >= 15 is 0 Å². The zero-order chi connectivity index (χ0) is 22.7. The maximum atomic E-state index is 13.4. The zero-order valence-corrected chi connectivity index (χ0v) is 17.8. The molecular weight excluding hydrogens is 417 g/mol. The molecule has 0 amide bonds. The molecule has 1 aromatic heterocycles. The molecular formula is C24H25F3N4O. The summed E-state index contributed by atoms with van der Waals surface area (Å²) in [6.07, 6.45) is -3.71. The number of nitrogens with one attached hydrogen (secondary N) is 1. The van der Waals surface area contributed by atoms with Crippen LogP contribution in [-0.4, -0.2) is 27.5 Å². The topological polar surface area (TPSA) is 50.2 Å². The van der Waals surface area contributed by atoms with Crippen LogP contribution in [0.25, 0.3) is 0 Å². The van der Waals surface area contributed by atoms with Crippen molar-refractivity contribution in [2.24, 2.45) is 0 Å². The van der Waals surface area contributed by atoms with Gasteiger partial charge in [0, 0.05) is 32.6 Å². The van der Waals surface area contributed by atoms with E-state index in [-0.39, 0.29) is 12.1 Å². The number of nitrogens with zero attached hydrogens (tertiary/aromatic N) is 3. The van der Waals surface area contributed by atoms with Gasteiger partial charge in [-0.2, -0.15) is 13.2 Å². The quantitative estimate of drug-likeness (QED) is 0.619. The van der Waals surface area contributed by atoms with Crippen molar-refractivity contribution < 1.29 is 13.2 Å². The van der Waals surface area contributed by atoms with Crippen LogP contribution in [-0.2, 0) is 32.2 Å². The summed E-state index contributed by atoms with van der Waals surface area (Å²) in [4.78, 5) is 20.3. The van der Waals surface area contributed by atoms with Gasteiger partial charge in [0.15, 0.2) is 0 Å². The summed E-state index contributed by atoms with van der Waals surface area (Å²) in [7, 11) is 0. The van der Waals surface area contributed by atoms with Crippen LogP contribution in [0.5, 0.6) is 0 Å². The summed E-state index contributed by atoms with van der Waals surface area (Å²) < 4.78 is 40.2. The Bertz CT molecular complexity index is 1120. The second kappa shape index (κ2) is 9.16. The molecule has 0 fully saturated rings. The van der Waals surface area contributed by atoms with Crippen molar-refractivity contribution in [2.45, 2.75) is 39.2 Å². The number of hydrogen-bond donors (Lipinski definition) is 1. The van der Waals surface area contributed by atoms with Crippen molar-refractivity contribution in [3.63, 3.8) is 0 Å². The van der Waals surface area contributed by atoms with E-state index in [9.17, 15) is 18.0 Å². The molecule has 5 nitrogen and oxygen atoms in total. The minimum atomic E-state index is -4.39. The first-order valence-electron chi connectivity index (χ1n) is 10.6. The van der Waals surface area contributed by atoms with Crippen LogP contribution in [0.3, 0.4) is 0 Å². The van der Waals surface area contributed by atoms with Crippen LogP contribution in [0, 0.1) is 0 Å². The molecule has 0 spiro atoms. The van der Waals surface area contributed by atoms with Gasteiger partial charge in [-0.1, -0.05) is 42.5 Å². The van der Waals surface area contributed by atoms with Gasteiger partial charge < -0.3 is 5.32 Å². The van der Waals surface area contributed by atoms with Gasteiger partial charge >= 0.3 is 6.18 Å². The third-order valence-electron chi connectivity index (χ3n) is 5.60. The third kappa shape index (κ3) is 4.85. The van der Waals surface area contributed by atoms with Gasteiger partial charge in [0.05, 0.1) is 23.4 Å². The predicted octanol–water partition coefficient (Wildman–Crippen LogP) is 4.30. The monoisotopic (exact) mass is 442 g/mol. The summed E-state index contributed by atoms with van der Waals surface area (Å²) in [5.74, 6) is 0.452. The lowest BCUT2D eigenvalue weighted by molar-refractivity contribution is -0.137. The van der Waals surface area contributed by atoms with Gasteiger partial charge in [0.1, 0.15) is 0 Å². The van der Waals surface area contributed by atoms with Crippen molar-refractivity contribution in [1.29, 1.82) is 0 Å². The minimum absolute atomic E-state index is 0.149. The fourth-order valence-electron chi connectivity index (χ4n) is 3.97. The van der Waals surface area contributed by atoms with Gasteiger partial charge in [-0.25, -0.2) is 4.98 Å². The SMILES string of the molecule is CCNc1nc2c(c(=O)n1Cc1ccc(C(F)(F)F)cc1)CN(Cc1ccccc1)CC2. The van der Waals surface area contributed by atoms with Crippen LogP contribution in [0.2, 0.25) is 0 Å². The van der Waals surface area contributed by atoms with Crippen molar-refractivity contribution in [2.75, 3.05) is 18.4 Å². The Morgan fingerprint density at radius 1 is 1.00 bits per heavy atom. The lowest BCUT2D eigenvalue weighted by Gasteiger charge is -2.29. The second-order valence-electron chi connectivity index (χ2n) is 7.92. The number of fused-ring (bicyclic) bond motifs is 1. The van der Waals surface area contributed by atoms with E-state index < -0.39 is 11.7 Å². The molecule has 2 aromatic carbocycles. The standard InChI is InChI=1S/C24H25F3N4O/c1-2-28-23-29-21-12-13-30(14-17-6-4-3-5-7-17)16-20(21)22(32)31(23)15-18-8-10-19(11-9-18)24(25,26)27/h3-11H,2,12-16H2,1H3,(H,28,29). The molecule has 0 unspecified atom stereocenters. The van der Waals surface area contributed by atoms with Crippen LogP contribution < -0.4 is 10.9 Å². The van der Waals surface area contributed by atoms with E-state index in [0.717, 1.165) is 30.9 Å². The molecule has 0 radical (unpaired) electrons. The molecule has 32 heavy (non-hydrogen) atoms. The number of halogens is 3.